The lowest BCUT2D eigenvalue weighted by Crippen LogP contribution is -2.36. The third kappa shape index (κ3) is 3.54. The first-order valence-electron chi connectivity index (χ1n) is 5.83. The quantitative estimate of drug-likeness (QED) is 0.899. The molecule has 0 saturated carbocycles. The van der Waals surface area contributed by atoms with Crippen molar-refractivity contribution in [1.29, 1.82) is 0 Å². The molecule has 1 aromatic rings. The van der Waals surface area contributed by atoms with Gasteiger partial charge < -0.3 is 0 Å². The van der Waals surface area contributed by atoms with E-state index in [0.717, 1.165) is 11.1 Å². The summed E-state index contributed by atoms with van der Waals surface area (Å²) in [6, 6.07) is 5.40. The van der Waals surface area contributed by atoms with Crippen LogP contribution in [-0.4, -0.2) is 14.5 Å². The van der Waals surface area contributed by atoms with E-state index in [9.17, 15) is 8.42 Å². The molecular weight excluding hydrogens is 234 g/mol. The number of aryl methyl sites for hydroxylation is 2. The van der Waals surface area contributed by atoms with Gasteiger partial charge in [0.05, 0.1) is 4.90 Å². The van der Waals surface area contributed by atoms with Crippen LogP contribution in [0.15, 0.2) is 23.1 Å². The summed E-state index contributed by atoms with van der Waals surface area (Å²) in [5.41, 5.74) is 1.73. The maximum Gasteiger partial charge on any atom is 0.241 e. The van der Waals surface area contributed by atoms with Gasteiger partial charge in [0.25, 0.3) is 0 Å². The summed E-state index contributed by atoms with van der Waals surface area (Å²) in [5.74, 6) is 0.273. The zero-order chi connectivity index (χ0) is 13.2. The number of benzene rings is 1. The van der Waals surface area contributed by atoms with Crippen molar-refractivity contribution in [3.05, 3.63) is 29.3 Å². The Morgan fingerprint density at radius 2 is 1.71 bits per heavy atom. The first kappa shape index (κ1) is 14.2. The third-order valence-electron chi connectivity index (χ3n) is 2.97. The van der Waals surface area contributed by atoms with Crippen LogP contribution in [-0.2, 0) is 10.0 Å². The van der Waals surface area contributed by atoms with Gasteiger partial charge in [-0.25, -0.2) is 13.1 Å². The molecule has 4 heteroatoms. The molecule has 0 saturated heterocycles. The Kier molecular flexibility index (Phi) is 4.33. The van der Waals surface area contributed by atoms with Crippen molar-refractivity contribution in [2.75, 3.05) is 0 Å². The number of hydrogen-bond acceptors (Lipinski definition) is 2. The maximum absolute atomic E-state index is 12.2. The van der Waals surface area contributed by atoms with Crippen LogP contribution in [0.5, 0.6) is 0 Å². The molecule has 0 spiro atoms. The standard InChI is InChI=1S/C13H21NO2S/c1-9(2)12(5)14-17(15,16)13-8-10(3)6-7-11(13)4/h6-9,12,14H,1-5H3. The summed E-state index contributed by atoms with van der Waals surface area (Å²) in [5, 5.41) is 0. The molecule has 1 aromatic carbocycles. The van der Waals surface area contributed by atoms with Gasteiger partial charge in [-0.05, 0) is 43.9 Å². The summed E-state index contributed by atoms with van der Waals surface area (Å²) < 4.78 is 27.1. The predicted molar refractivity (Wildman–Crippen MR) is 70.5 cm³/mol. The van der Waals surface area contributed by atoms with Crippen molar-refractivity contribution in [3.8, 4) is 0 Å². The van der Waals surface area contributed by atoms with E-state index >= 15 is 0 Å². The van der Waals surface area contributed by atoms with Gasteiger partial charge in [-0.3, -0.25) is 0 Å². The average Bonchev–Trinajstić information content (AvgIpc) is 2.20. The predicted octanol–water partition coefficient (Wildman–Crippen LogP) is 2.63. The molecule has 17 heavy (non-hydrogen) atoms. The van der Waals surface area contributed by atoms with Crippen LogP contribution in [0.2, 0.25) is 0 Å². The van der Waals surface area contributed by atoms with Crippen LogP contribution < -0.4 is 4.72 Å². The lowest BCUT2D eigenvalue weighted by atomic mass is 10.1. The molecule has 3 nitrogen and oxygen atoms in total. The fourth-order valence-electron chi connectivity index (χ4n) is 1.44. The largest absolute Gasteiger partial charge is 0.241 e. The molecule has 1 atom stereocenters. The molecule has 0 amide bonds. The number of nitrogens with one attached hydrogen (secondary N) is 1. The molecular formula is C13H21NO2S. The molecule has 1 rings (SSSR count). The normalized spacial score (nSPS) is 14.0. The van der Waals surface area contributed by atoms with Crippen molar-refractivity contribution < 1.29 is 8.42 Å². The van der Waals surface area contributed by atoms with Crippen LogP contribution in [0.4, 0.5) is 0 Å². The zero-order valence-corrected chi connectivity index (χ0v) is 11.9. The van der Waals surface area contributed by atoms with Gasteiger partial charge in [0.2, 0.25) is 10.0 Å². The van der Waals surface area contributed by atoms with Gasteiger partial charge in [0, 0.05) is 6.04 Å². The van der Waals surface area contributed by atoms with Crippen molar-refractivity contribution in [2.45, 2.75) is 45.6 Å². The summed E-state index contributed by atoms with van der Waals surface area (Å²) in [7, 11) is -3.41. The average molecular weight is 255 g/mol. The van der Waals surface area contributed by atoms with Gasteiger partial charge in [-0.15, -0.1) is 0 Å². The van der Waals surface area contributed by atoms with Crippen LogP contribution in [0.3, 0.4) is 0 Å². The van der Waals surface area contributed by atoms with Crippen molar-refractivity contribution in [3.63, 3.8) is 0 Å². The van der Waals surface area contributed by atoms with Gasteiger partial charge in [0.15, 0.2) is 0 Å². The molecule has 0 aliphatic carbocycles. The van der Waals surface area contributed by atoms with E-state index in [1.165, 1.54) is 0 Å². The van der Waals surface area contributed by atoms with Crippen LogP contribution in [0.25, 0.3) is 0 Å². The highest BCUT2D eigenvalue weighted by Gasteiger charge is 2.20. The summed E-state index contributed by atoms with van der Waals surface area (Å²) >= 11 is 0. The Labute approximate surface area is 104 Å². The second-order valence-electron chi connectivity index (χ2n) is 4.92. The summed E-state index contributed by atoms with van der Waals surface area (Å²) in [6.45, 7) is 9.58. The molecule has 0 heterocycles. The van der Waals surface area contributed by atoms with E-state index < -0.39 is 10.0 Å². The summed E-state index contributed by atoms with van der Waals surface area (Å²) in [4.78, 5) is 0.380. The minimum Gasteiger partial charge on any atom is -0.208 e. The van der Waals surface area contributed by atoms with E-state index in [1.54, 1.807) is 6.07 Å². The Morgan fingerprint density at radius 3 is 2.24 bits per heavy atom. The van der Waals surface area contributed by atoms with E-state index in [-0.39, 0.29) is 12.0 Å². The molecule has 0 radical (unpaired) electrons. The monoisotopic (exact) mass is 255 g/mol. The molecule has 1 N–H and O–H groups in total. The highest BCUT2D eigenvalue weighted by molar-refractivity contribution is 7.89. The fraction of sp³-hybridized carbons (Fsp3) is 0.538. The van der Waals surface area contributed by atoms with Crippen molar-refractivity contribution in [2.24, 2.45) is 5.92 Å². The number of sulfonamides is 1. The maximum atomic E-state index is 12.2. The van der Waals surface area contributed by atoms with Crippen LogP contribution in [0.1, 0.15) is 31.9 Å². The van der Waals surface area contributed by atoms with E-state index in [0.29, 0.717) is 4.90 Å². The fourth-order valence-corrected chi connectivity index (χ4v) is 3.16. The topological polar surface area (TPSA) is 46.2 Å². The molecule has 1 unspecified atom stereocenters. The minimum atomic E-state index is -3.41. The van der Waals surface area contributed by atoms with Gasteiger partial charge in [0.1, 0.15) is 0 Å². The summed E-state index contributed by atoms with van der Waals surface area (Å²) in [6.07, 6.45) is 0. The Bertz CT molecular complexity index is 492. The first-order chi connectivity index (χ1) is 7.74. The molecule has 0 aliphatic rings. The third-order valence-corrected chi connectivity index (χ3v) is 4.68. The smallest absolute Gasteiger partial charge is 0.208 e. The van der Waals surface area contributed by atoms with Gasteiger partial charge in [-0.1, -0.05) is 26.0 Å². The second-order valence-corrected chi connectivity index (χ2v) is 6.61. The molecule has 96 valence electrons. The number of rotatable bonds is 4. The molecule has 0 aliphatic heterocycles. The highest BCUT2D eigenvalue weighted by atomic mass is 32.2. The van der Waals surface area contributed by atoms with Crippen molar-refractivity contribution >= 4 is 10.0 Å². The number of hydrogen-bond donors (Lipinski definition) is 1. The minimum absolute atomic E-state index is 0.0695. The molecule has 0 bridgehead atoms. The SMILES string of the molecule is Cc1ccc(C)c(S(=O)(=O)NC(C)C(C)C)c1. The van der Waals surface area contributed by atoms with E-state index in [1.807, 2.05) is 46.8 Å². The van der Waals surface area contributed by atoms with E-state index in [2.05, 4.69) is 4.72 Å². The Morgan fingerprint density at radius 1 is 1.12 bits per heavy atom. The Hall–Kier alpha value is -0.870. The molecule has 0 fully saturated rings. The van der Waals surface area contributed by atoms with Crippen molar-refractivity contribution in [1.82, 2.24) is 4.72 Å². The lowest BCUT2D eigenvalue weighted by Gasteiger charge is -2.18. The second kappa shape index (κ2) is 5.19. The van der Waals surface area contributed by atoms with E-state index in [4.69, 9.17) is 0 Å². The zero-order valence-electron chi connectivity index (χ0n) is 11.1. The van der Waals surface area contributed by atoms with Crippen LogP contribution in [0, 0.1) is 19.8 Å². The lowest BCUT2D eigenvalue weighted by molar-refractivity contribution is 0.476. The van der Waals surface area contributed by atoms with Gasteiger partial charge in [-0.2, -0.15) is 0 Å². The molecule has 0 aromatic heterocycles. The van der Waals surface area contributed by atoms with Crippen LogP contribution >= 0.6 is 0 Å². The van der Waals surface area contributed by atoms with Gasteiger partial charge >= 0.3 is 0 Å². The first-order valence-corrected chi connectivity index (χ1v) is 7.32. The Balaban J connectivity index is 3.09. The highest BCUT2D eigenvalue weighted by Crippen LogP contribution is 2.17.